The predicted octanol–water partition coefficient (Wildman–Crippen LogP) is 1.44. The summed E-state index contributed by atoms with van der Waals surface area (Å²) in [6.45, 7) is 3.17. The van der Waals surface area contributed by atoms with Crippen LogP contribution in [0.5, 0.6) is 5.75 Å². The molecule has 7 heteroatoms. The predicted molar refractivity (Wildman–Crippen MR) is 91.5 cm³/mol. The van der Waals surface area contributed by atoms with Crippen molar-refractivity contribution >= 4 is 11.9 Å². The molecule has 132 valence electrons. The number of aliphatic carboxylic acids is 1. The van der Waals surface area contributed by atoms with Gasteiger partial charge in [-0.1, -0.05) is 18.2 Å². The van der Waals surface area contributed by atoms with Crippen LogP contribution in [0.3, 0.4) is 0 Å². The fourth-order valence-electron chi connectivity index (χ4n) is 2.90. The zero-order valence-electron chi connectivity index (χ0n) is 13.9. The lowest BCUT2D eigenvalue weighted by molar-refractivity contribution is -0.139. The third-order valence-corrected chi connectivity index (χ3v) is 4.21. The highest BCUT2D eigenvalue weighted by Crippen LogP contribution is 2.20. The van der Waals surface area contributed by atoms with Gasteiger partial charge in [0.05, 0.1) is 0 Å². The van der Waals surface area contributed by atoms with E-state index < -0.39 is 5.97 Å². The van der Waals surface area contributed by atoms with Crippen molar-refractivity contribution in [3.8, 4) is 5.75 Å². The Hall–Kier alpha value is -2.80. The Bertz CT molecular complexity index is 722. The number of rotatable bonds is 6. The number of aromatic nitrogens is 1. The maximum atomic E-state index is 12.3. The Balaban J connectivity index is 1.56. The van der Waals surface area contributed by atoms with Crippen molar-refractivity contribution in [2.24, 2.45) is 0 Å². The number of aromatic amines is 1. The SMILES string of the molecule is O=C(O)COc1ccccc1CN1CCN(C(=O)c2ccc[nH]2)CC1. The van der Waals surface area contributed by atoms with Gasteiger partial charge in [0.15, 0.2) is 6.61 Å². The Labute approximate surface area is 145 Å². The second-order valence-electron chi connectivity index (χ2n) is 5.94. The molecule has 0 bridgehead atoms. The second-order valence-corrected chi connectivity index (χ2v) is 5.94. The van der Waals surface area contributed by atoms with E-state index in [9.17, 15) is 9.59 Å². The maximum Gasteiger partial charge on any atom is 0.341 e. The molecule has 0 saturated carbocycles. The standard InChI is InChI=1S/C18H21N3O4/c22-17(23)13-25-16-6-2-1-4-14(16)12-20-8-10-21(11-9-20)18(24)15-5-3-7-19-15/h1-7,19H,8-13H2,(H,22,23). The van der Waals surface area contributed by atoms with Gasteiger partial charge in [-0.15, -0.1) is 0 Å². The number of H-pyrrole nitrogens is 1. The van der Waals surface area contributed by atoms with Gasteiger partial charge in [0.25, 0.3) is 5.91 Å². The Morgan fingerprint density at radius 1 is 1.08 bits per heavy atom. The normalized spacial score (nSPS) is 15.1. The van der Waals surface area contributed by atoms with Crippen LogP contribution >= 0.6 is 0 Å². The largest absolute Gasteiger partial charge is 0.482 e. The highest BCUT2D eigenvalue weighted by molar-refractivity contribution is 5.92. The van der Waals surface area contributed by atoms with Crippen molar-refractivity contribution < 1.29 is 19.4 Å². The minimum absolute atomic E-state index is 0.0230. The zero-order chi connectivity index (χ0) is 17.6. The Morgan fingerprint density at radius 2 is 1.84 bits per heavy atom. The molecular weight excluding hydrogens is 322 g/mol. The summed E-state index contributed by atoms with van der Waals surface area (Å²) in [5.74, 6) is -0.379. The first-order valence-corrected chi connectivity index (χ1v) is 8.21. The summed E-state index contributed by atoms with van der Waals surface area (Å²) >= 11 is 0. The van der Waals surface area contributed by atoms with Crippen molar-refractivity contribution in [1.29, 1.82) is 0 Å². The van der Waals surface area contributed by atoms with E-state index in [-0.39, 0.29) is 12.5 Å². The van der Waals surface area contributed by atoms with E-state index in [4.69, 9.17) is 9.84 Å². The lowest BCUT2D eigenvalue weighted by Crippen LogP contribution is -2.48. The number of hydrogen-bond acceptors (Lipinski definition) is 4. The van der Waals surface area contributed by atoms with Crippen LogP contribution < -0.4 is 4.74 Å². The van der Waals surface area contributed by atoms with Crippen LogP contribution in [-0.4, -0.2) is 64.6 Å². The molecule has 1 saturated heterocycles. The van der Waals surface area contributed by atoms with E-state index in [0.717, 1.165) is 18.7 Å². The highest BCUT2D eigenvalue weighted by atomic mass is 16.5. The lowest BCUT2D eigenvalue weighted by atomic mass is 10.1. The number of carbonyl (C=O) groups excluding carboxylic acids is 1. The van der Waals surface area contributed by atoms with Crippen LogP contribution in [0.2, 0.25) is 0 Å². The number of hydrogen-bond donors (Lipinski definition) is 2. The molecule has 0 spiro atoms. The zero-order valence-corrected chi connectivity index (χ0v) is 13.9. The average molecular weight is 343 g/mol. The van der Waals surface area contributed by atoms with Crippen molar-refractivity contribution in [2.75, 3.05) is 32.8 Å². The molecule has 3 rings (SSSR count). The van der Waals surface area contributed by atoms with Gasteiger partial charge < -0.3 is 19.7 Å². The number of benzene rings is 1. The minimum atomic E-state index is -0.994. The molecule has 0 unspecified atom stereocenters. The van der Waals surface area contributed by atoms with E-state index in [0.29, 0.717) is 31.1 Å². The van der Waals surface area contributed by atoms with Gasteiger partial charge in [-0.25, -0.2) is 4.79 Å². The van der Waals surface area contributed by atoms with Crippen LogP contribution in [0.1, 0.15) is 16.1 Å². The fraction of sp³-hybridized carbons (Fsp3) is 0.333. The van der Waals surface area contributed by atoms with E-state index in [1.807, 2.05) is 29.2 Å². The fourth-order valence-corrected chi connectivity index (χ4v) is 2.90. The molecule has 1 aromatic carbocycles. The van der Waals surface area contributed by atoms with Crippen LogP contribution in [0, 0.1) is 0 Å². The number of ether oxygens (including phenoxy) is 1. The number of amides is 1. The molecule has 1 aliphatic rings. The molecule has 2 aromatic rings. The number of carbonyl (C=O) groups is 2. The summed E-state index contributed by atoms with van der Waals surface area (Å²) in [6, 6.07) is 11.1. The van der Waals surface area contributed by atoms with Gasteiger partial charge >= 0.3 is 5.97 Å². The van der Waals surface area contributed by atoms with E-state index in [1.165, 1.54) is 0 Å². The maximum absolute atomic E-state index is 12.3. The first kappa shape index (κ1) is 17.0. The monoisotopic (exact) mass is 343 g/mol. The average Bonchev–Trinajstić information content (AvgIpc) is 3.15. The molecule has 2 N–H and O–H groups in total. The first-order valence-electron chi connectivity index (χ1n) is 8.21. The minimum Gasteiger partial charge on any atom is -0.482 e. The van der Waals surface area contributed by atoms with Crippen molar-refractivity contribution in [3.05, 3.63) is 53.9 Å². The molecule has 25 heavy (non-hydrogen) atoms. The lowest BCUT2D eigenvalue weighted by Gasteiger charge is -2.34. The summed E-state index contributed by atoms with van der Waals surface area (Å²) in [6.07, 6.45) is 1.75. The van der Waals surface area contributed by atoms with Crippen LogP contribution in [-0.2, 0) is 11.3 Å². The molecule has 1 aromatic heterocycles. The molecule has 2 heterocycles. The summed E-state index contributed by atoms with van der Waals surface area (Å²) in [5, 5.41) is 8.77. The van der Waals surface area contributed by atoms with E-state index in [2.05, 4.69) is 9.88 Å². The van der Waals surface area contributed by atoms with E-state index in [1.54, 1.807) is 18.3 Å². The van der Waals surface area contributed by atoms with Crippen molar-refractivity contribution in [3.63, 3.8) is 0 Å². The van der Waals surface area contributed by atoms with Crippen LogP contribution in [0.15, 0.2) is 42.6 Å². The van der Waals surface area contributed by atoms with Crippen LogP contribution in [0.25, 0.3) is 0 Å². The summed E-state index contributed by atoms with van der Waals surface area (Å²) in [7, 11) is 0. The molecule has 1 aliphatic heterocycles. The number of piperazine rings is 1. The number of nitrogens with zero attached hydrogens (tertiary/aromatic N) is 2. The third-order valence-electron chi connectivity index (χ3n) is 4.21. The molecule has 1 amide bonds. The Kier molecular flexibility index (Phi) is 5.35. The van der Waals surface area contributed by atoms with Gasteiger partial charge in [-0.2, -0.15) is 0 Å². The quantitative estimate of drug-likeness (QED) is 0.829. The summed E-state index contributed by atoms with van der Waals surface area (Å²) in [5.41, 5.74) is 1.56. The molecule has 7 nitrogen and oxygen atoms in total. The number of carboxylic acids is 1. The highest BCUT2D eigenvalue weighted by Gasteiger charge is 2.23. The van der Waals surface area contributed by atoms with Gasteiger partial charge in [0, 0.05) is 44.5 Å². The van der Waals surface area contributed by atoms with Gasteiger partial charge in [0.1, 0.15) is 11.4 Å². The van der Waals surface area contributed by atoms with Crippen LogP contribution in [0.4, 0.5) is 0 Å². The molecule has 1 fully saturated rings. The number of carboxylic acid groups (broad SMARTS) is 1. The van der Waals surface area contributed by atoms with Gasteiger partial charge in [-0.05, 0) is 18.2 Å². The Morgan fingerprint density at radius 3 is 2.52 bits per heavy atom. The molecular formula is C18H21N3O4. The van der Waals surface area contributed by atoms with Gasteiger partial charge in [0.2, 0.25) is 0 Å². The number of nitrogens with one attached hydrogen (secondary N) is 1. The smallest absolute Gasteiger partial charge is 0.341 e. The summed E-state index contributed by atoms with van der Waals surface area (Å²) < 4.78 is 5.35. The summed E-state index contributed by atoms with van der Waals surface area (Å²) in [4.78, 5) is 30.1. The van der Waals surface area contributed by atoms with Crippen molar-refractivity contribution in [1.82, 2.24) is 14.8 Å². The number of para-hydroxylation sites is 1. The molecule has 0 aliphatic carbocycles. The first-order chi connectivity index (χ1) is 12.1. The second kappa shape index (κ2) is 7.85. The topological polar surface area (TPSA) is 85.9 Å². The van der Waals surface area contributed by atoms with E-state index >= 15 is 0 Å². The van der Waals surface area contributed by atoms with Crippen molar-refractivity contribution in [2.45, 2.75) is 6.54 Å². The molecule has 0 atom stereocenters. The third kappa shape index (κ3) is 4.39. The van der Waals surface area contributed by atoms with Gasteiger partial charge in [-0.3, -0.25) is 9.69 Å². The molecule has 0 radical (unpaired) electrons.